The van der Waals surface area contributed by atoms with Crippen molar-refractivity contribution in [1.29, 1.82) is 0 Å². The van der Waals surface area contributed by atoms with Gasteiger partial charge in [-0.15, -0.1) is 0 Å². The third-order valence-electron chi connectivity index (χ3n) is 6.57. The number of benzene rings is 3. The number of carbonyl (C=O) groups is 2. The number of nitrogens with zero attached hydrogens (tertiary/aromatic N) is 1. The number of methoxy groups -OCH3 is 3. The molecule has 0 aliphatic carbocycles. The van der Waals surface area contributed by atoms with Crippen molar-refractivity contribution in [3.8, 4) is 17.2 Å². The number of halogens is 1. The van der Waals surface area contributed by atoms with E-state index in [1.807, 2.05) is 49.4 Å². The lowest BCUT2D eigenvalue weighted by atomic mass is 9.97. The zero-order valence-electron chi connectivity index (χ0n) is 22.7. The van der Waals surface area contributed by atoms with Gasteiger partial charge >= 0.3 is 5.97 Å². The summed E-state index contributed by atoms with van der Waals surface area (Å²) in [4.78, 5) is 28.3. The van der Waals surface area contributed by atoms with Crippen LogP contribution in [0.25, 0.3) is 0 Å². The second-order valence-electron chi connectivity index (χ2n) is 9.04. The molecular weight excluding hydrogens is 522 g/mol. The van der Waals surface area contributed by atoms with E-state index in [9.17, 15) is 9.59 Å². The van der Waals surface area contributed by atoms with Gasteiger partial charge in [0.15, 0.2) is 0 Å². The first-order valence-electron chi connectivity index (χ1n) is 12.6. The van der Waals surface area contributed by atoms with Crippen molar-refractivity contribution in [1.82, 2.24) is 0 Å². The third kappa shape index (κ3) is 5.97. The Kier molecular flexibility index (Phi) is 8.99. The van der Waals surface area contributed by atoms with Gasteiger partial charge in [0.25, 0.3) is 5.91 Å². The summed E-state index contributed by atoms with van der Waals surface area (Å²) < 4.78 is 28.0. The molecule has 4 rings (SSSR count). The fraction of sp³-hybridized carbons (Fsp3) is 0.333. The number of amides is 1. The van der Waals surface area contributed by atoms with Crippen LogP contribution in [0.15, 0.2) is 54.6 Å². The number of aryl methyl sites for hydroxylation is 1. The number of fused-ring (bicyclic) bond motifs is 1. The van der Waals surface area contributed by atoms with E-state index in [0.29, 0.717) is 33.5 Å². The zero-order chi connectivity index (χ0) is 28.1. The predicted octanol–water partition coefficient (Wildman–Crippen LogP) is 5.65. The maximum absolute atomic E-state index is 14.1. The molecule has 1 amide bonds. The largest absolute Gasteiger partial charge is 0.497 e. The minimum atomic E-state index is -1.13. The van der Waals surface area contributed by atoms with Crippen LogP contribution in [-0.2, 0) is 25.6 Å². The highest BCUT2D eigenvalue weighted by molar-refractivity contribution is 6.33. The van der Waals surface area contributed by atoms with Crippen LogP contribution in [-0.4, -0.2) is 45.9 Å². The van der Waals surface area contributed by atoms with Gasteiger partial charge in [0, 0.05) is 22.8 Å². The summed E-state index contributed by atoms with van der Waals surface area (Å²) in [6.07, 6.45) is -2.14. The first kappa shape index (κ1) is 28.3. The van der Waals surface area contributed by atoms with E-state index in [1.54, 1.807) is 38.2 Å². The first-order chi connectivity index (χ1) is 18.8. The number of carbonyl (C=O) groups excluding carboxylic acids is 2. The molecule has 3 aromatic rings. The van der Waals surface area contributed by atoms with E-state index >= 15 is 0 Å². The molecule has 9 heteroatoms. The Morgan fingerprint density at radius 3 is 2.44 bits per heavy atom. The zero-order valence-corrected chi connectivity index (χ0v) is 23.4. The highest BCUT2D eigenvalue weighted by atomic mass is 35.5. The maximum atomic E-state index is 14.1. The molecule has 1 heterocycles. The number of anilines is 1. The molecule has 39 heavy (non-hydrogen) atoms. The van der Waals surface area contributed by atoms with Gasteiger partial charge in [0.2, 0.25) is 0 Å². The summed E-state index contributed by atoms with van der Waals surface area (Å²) in [7, 11) is 4.67. The molecule has 0 unspecified atom stereocenters. The van der Waals surface area contributed by atoms with E-state index < -0.39 is 18.2 Å². The van der Waals surface area contributed by atoms with Crippen molar-refractivity contribution < 1.29 is 33.3 Å². The van der Waals surface area contributed by atoms with Gasteiger partial charge in [-0.1, -0.05) is 41.4 Å². The summed E-state index contributed by atoms with van der Waals surface area (Å²) in [5.41, 5.74) is 3.72. The summed E-state index contributed by atoms with van der Waals surface area (Å²) in [6.45, 7) is 4.04. The van der Waals surface area contributed by atoms with Gasteiger partial charge in [-0.05, 0) is 38.1 Å². The van der Waals surface area contributed by atoms with E-state index in [-0.39, 0.29) is 25.5 Å². The molecule has 3 aromatic carbocycles. The van der Waals surface area contributed by atoms with E-state index in [0.717, 1.165) is 16.7 Å². The van der Waals surface area contributed by atoms with Crippen molar-refractivity contribution in [2.75, 3.05) is 32.8 Å². The first-order valence-corrected chi connectivity index (χ1v) is 12.9. The number of rotatable bonds is 9. The molecule has 2 atom stereocenters. The average molecular weight is 554 g/mol. The van der Waals surface area contributed by atoms with Crippen LogP contribution in [0.1, 0.15) is 41.7 Å². The second kappa shape index (κ2) is 12.4. The lowest BCUT2D eigenvalue weighted by Gasteiger charge is -2.26. The summed E-state index contributed by atoms with van der Waals surface area (Å²) >= 11 is 6.75. The summed E-state index contributed by atoms with van der Waals surface area (Å²) in [5.74, 6) is 0.757. The van der Waals surface area contributed by atoms with Crippen molar-refractivity contribution in [3.05, 3.63) is 81.9 Å². The quantitative estimate of drug-likeness (QED) is 0.317. The Morgan fingerprint density at radius 2 is 1.74 bits per heavy atom. The molecule has 206 valence electrons. The molecule has 1 aliphatic rings. The van der Waals surface area contributed by atoms with Gasteiger partial charge in [-0.25, -0.2) is 0 Å². The Labute approximate surface area is 233 Å². The molecule has 1 aliphatic heterocycles. The van der Waals surface area contributed by atoms with Crippen molar-refractivity contribution in [3.63, 3.8) is 0 Å². The molecule has 0 fully saturated rings. The molecule has 0 bridgehead atoms. The van der Waals surface area contributed by atoms with Crippen LogP contribution in [0.5, 0.6) is 17.2 Å². The third-order valence-corrected chi connectivity index (χ3v) is 6.98. The fourth-order valence-electron chi connectivity index (χ4n) is 4.67. The van der Waals surface area contributed by atoms with Crippen LogP contribution in [0.3, 0.4) is 0 Å². The normalized spacial score (nSPS) is 16.8. The minimum Gasteiger partial charge on any atom is -0.497 e. The molecule has 0 saturated carbocycles. The SMILES string of the molecule is CCOC(=O)C[C@H]1O[C@H](c2cccc(OC)c2Cl)c2cc(C)ccc2N(Cc2ccc(OC)cc2OC)C1=O. The molecule has 0 spiro atoms. The Hall–Kier alpha value is -3.75. The van der Waals surface area contributed by atoms with E-state index in [4.69, 9.17) is 35.3 Å². The number of hydrogen-bond acceptors (Lipinski definition) is 7. The minimum absolute atomic E-state index is 0.170. The van der Waals surface area contributed by atoms with Crippen LogP contribution in [0, 0.1) is 6.92 Å². The van der Waals surface area contributed by atoms with Gasteiger partial charge in [-0.2, -0.15) is 0 Å². The predicted molar refractivity (Wildman–Crippen MR) is 148 cm³/mol. The second-order valence-corrected chi connectivity index (χ2v) is 9.42. The van der Waals surface area contributed by atoms with Gasteiger partial charge < -0.3 is 28.6 Å². The van der Waals surface area contributed by atoms with E-state index in [1.165, 1.54) is 7.11 Å². The van der Waals surface area contributed by atoms with Gasteiger partial charge in [0.1, 0.15) is 29.5 Å². The molecular formula is C30H32ClNO7. The smallest absolute Gasteiger partial charge is 0.308 e. The van der Waals surface area contributed by atoms with Crippen LogP contribution < -0.4 is 19.1 Å². The molecule has 0 N–H and O–H groups in total. The maximum Gasteiger partial charge on any atom is 0.308 e. The summed E-state index contributed by atoms with van der Waals surface area (Å²) in [5, 5.41) is 0.366. The highest BCUT2D eigenvalue weighted by Crippen LogP contribution is 2.44. The average Bonchev–Trinajstić information content (AvgIpc) is 3.04. The molecule has 0 aromatic heterocycles. The fourth-order valence-corrected chi connectivity index (χ4v) is 4.97. The van der Waals surface area contributed by atoms with Crippen molar-refractivity contribution in [2.45, 2.75) is 39.0 Å². The molecule has 8 nitrogen and oxygen atoms in total. The highest BCUT2D eigenvalue weighted by Gasteiger charge is 2.39. The topological polar surface area (TPSA) is 83.5 Å². The Bertz CT molecular complexity index is 1360. The Morgan fingerprint density at radius 1 is 0.974 bits per heavy atom. The standard InChI is InChI=1S/C30H32ClNO7/c1-6-38-27(33)16-26-30(34)32(17-19-11-12-20(35-3)15-25(19)37-5)23-13-10-18(2)14-22(23)29(39-26)21-8-7-9-24(36-4)28(21)31/h7-15,26,29H,6,16-17H2,1-5H3/t26-,29-/m1/s1. The molecule has 0 radical (unpaired) electrons. The number of ether oxygens (including phenoxy) is 5. The van der Waals surface area contributed by atoms with E-state index in [2.05, 4.69) is 0 Å². The lowest BCUT2D eigenvalue weighted by molar-refractivity contribution is -0.151. The van der Waals surface area contributed by atoms with Crippen LogP contribution >= 0.6 is 11.6 Å². The summed E-state index contributed by atoms with van der Waals surface area (Å²) in [6, 6.07) is 16.6. The van der Waals surface area contributed by atoms with Gasteiger partial charge in [0.05, 0.1) is 51.6 Å². The van der Waals surface area contributed by atoms with Crippen LogP contribution in [0.4, 0.5) is 5.69 Å². The monoisotopic (exact) mass is 553 g/mol. The number of esters is 1. The van der Waals surface area contributed by atoms with Crippen molar-refractivity contribution >= 4 is 29.2 Å². The van der Waals surface area contributed by atoms with Crippen LogP contribution in [0.2, 0.25) is 5.02 Å². The number of hydrogen-bond donors (Lipinski definition) is 0. The lowest BCUT2D eigenvalue weighted by Crippen LogP contribution is -2.40. The molecule has 0 saturated heterocycles. The van der Waals surface area contributed by atoms with Crippen molar-refractivity contribution in [2.24, 2.45) is 0 Å². The Balaban J connectivity index is 1.88. The van der Waals surface area contributed by atoms with Gasteiger partial charge in [-0.3, -0.25) is 9.59 Å².